The summed E-state index contributed by atoms with van der Waals surface area (Å²) >= 11 is 1.21. The highest BCUT2D eigenvalue weighted by Gasteiger charge is 2.16. The summed E-state index contributed by atoms with van der Waals surface area (Å²) in [5.74, 6) is 0.432. The predicted molar refractivity (Wildman–Crippen MR) is 126 cm³/mol. The van der Waals surface area contributed by atoms with Gasteiger partial charge in [-0.1, -0.05) is 25.1 Å². The Hall–Kier alpha value is -3.93. The molecule has 0 spiro atoms. The lowest BCUT2D eigenvalue weighted by atomic mass is 10.2. The lowest BCUT2D eigenvalue weighted by molar-refractivity contribution is -0.384. The van der Waals surface area contributed by atoms with Crippen LogP contribution in [0.1, 0.15) is 30.1 Å². The van der Waals surface area contributed by atoms with Crippen LogP contribution in [0.2, 0.25) is 0 Å². The molecule has 3 aromatic rings. The molecule has 1 aromatic heterocycles. The van der Waals surface area contributed by atoms with Gasteiger partial charge in [-0.15, -0.1) is 10.2 Å². The van der Waals surface area contributed by atoms with Crippen LogP contribution < -0.4 is 15.6 Å². The number of nitro groups is 1. The van der Waals surface area contributed by atoms with Crippen LogP contribution in [0.15, 0.2) is 53.7 Å². The average molecular weight is 485 g/mol. The summed E-state index contributed by atoms with van der Waals surface area (Å²) in [4.78, 5) is 34.6. The quantitative estimate of drug-likeness (QED) is 0.254. The summed E-state index contributed by atoms with van der Waals surface area (Å²) in [6, 6.07) is 12.6. The molecule has 1 heterocycles. The summed E-state index contributed by atoms with van der Waals surface area (Å²) in [7, 11) is 1.60. The van der Waals surface area contributed by atoms with Crippen molar-refractivity contribution in [3.8, 4) is 17.1 Å². The van der Waals surface area contributed by atoms with Gasteiger partial charge in [0.15, 0.2) is 11.0 Å². The second-order valence-electron chi connectivity index (χ2n) is 7.13. The number of amides is 2. The first kappa shape index (κ1) is 24.7. The summed E-state index contributed by atoms with van der Waals surface area (Å²) in [6.45, 7) is 2.79. The highest BCUT2D eigenvalue weighted by atomic mass is 32.2. The Morgan fingerprint density at radius 2 is 1.79 bits per heavy atom. The van der Waals surface area contributed by atoms with Crippen LogP contribution in [0.5, 0.6) is 5.75 Å². The van der Waals surface area contributed by atoms with Gasteiger partial charge in [0.05, 0.1) is 17.8 Å². The Morgan fingerprint density at radius 1 is 1.09 bits per heavy atom. The van der Waals surface area contributed by atoms with Crippen LogP contribution in [0, 0.1) is 10.1 Å². The Morgan fingerprint density at radius 3 is 2.41 bits per heavy atom. The van der Waals surface area contributed by atoms with Gasteiger partial charge in [0.1, 0.15) is 5.75 Å². The number of non-ortho nitro benzene ring substituents is 1. The summed E-state index contributed by atoms with van der Waals surface area (Å²) in [5.41, 5.74) is 5.58. The third-order valence-electron chi connectivity index (χ3n) is 4.79. The van der Waals surface area contributed by atoms with E-state index >= 15 is 0 Å². The molecule has 0 fully saturated rings. The molecule has 0 aliphatic heterocycles. The van der Waals surface area contributed by atoms with E-state index < -0.39 is 16.7 Å². The first-order valence-corrected chi connectivity index (χ1v) is 11.5. The fourth-order valence-electron chi connectivity index (χ4n) is 2.97. The lowest BCUT2D eigenvalue weighted by Crippen LogP contribution is -2.42. The predicted octanol–water partition coefficient (Wildman–Crippen LogP) is 3.22. The molecule has 0 saturated carbocycles. The third kappa shape index (κ3) is 6.32. The van der Waals surface area contributed by atoms with Gasteiger partial charge in [0.2, 0.25) is 5.91 Å². The molecular weight excluding hydrogens is 460 g/mol. The van der Waals surface area contributed by atoms with E-state index in [4.69, 9.17) is 4.74 Å². The Bertz CT molecular complexity index is 1150. The van der Waals surface area contributed by atoms with Crippen molar-refractivity contribution in [2.24, 2.45) is 0 Å². The number of unbranched alkanes of at least 4 members (excludes halogenated alkanes) is 1. The van der Waals surface area contributed by atoms with E-state index in [0.717, 1.165) is 24.2 Å². The molecule has 0 aliphatic carbocycles. The van der Waals surface area contributed by atoms with Crippen LogP contribution in [0.3, 0.4) is 0 Å². The SMILES string of the molecule is CCCCn1c(SCC(=O)NNC(=O)c2ccc([N+](=O)[O-])cc2)nnc1-c1ccc(OC)cc1. The van der Waals surface area contributed by atoms with Gasteiger partial charge in [0, 0.05) is 29.8 Å². The largest absolute Gasteiger partial charge is 0.497 e. The number of thioether (sulfide) groups is 1. The Kier molecular flexibility index (Phi) is 8.57. The van der Waals surface area contributed by atoms with Gasteiger partial charge in [-0.05, 0) is 42.8 Å². The molecule has 2 N–H and O–H groups in total. The van der Waals surface area contributed by atoms with E-state index in [0.29, 0.717) is 17.5 Å². The first-order chi connectivity index (χ1) is 16.4. The number of ether oxygens (including phenoxy) is 1. The number of nitro benzene ring substituents is 1. The van der Waals surface area contributed by atoms with Crippen molar-refractivity contribution in [1.82, 2.24) is 25.6 Å². The van der Waals surface area contributed by atoms with E-state index in [1.54, 1.807) is 7.11 Å². The number of nitrogens with zero attached hydrogens (tertiary/aromatic N) is 4. The molecular formula is C22H24N6O5S. The molecule has 0 atom stereocenters. The Labute approximate surface area is 200 Å². The van der Waals surface area contributed by atoms with Crippen molar-refractivity contribution >= 4 is 29.3 Å². The highest BCUT2D eigenvalue weighted by Crippen LogP contribution is 2.26. The fraction of sp³-hybridized carbons (Fsp3) is 0.273. The van der Waals surface area contributed by atoms with Gasteiger partial charge in [-0.2, -0.15) is 0 Å². The van der Waals surface area contributed by atoms with Crippen molar-refractivity contribution < 1.29 is 19.2 Å². The number of hydrogen-bond acceptors (Lipinski definition) is 8. The number of rotatable bonds is 10. The van der Waals surface area contributed by atoms with E-state index in [2.05, 4.69) is 28.0 Å². The van der Waals surface area contributed by atoms with Crippen molar-refractivity contribution in [3.05, 3.63) is 64.2 Å². The molecule has 12 heteroatoms. The summed E-state index contributed by atoms with van der Waals surface area (Å²) < 4.78 is 7.18. The zero-order valence-corrected chi connectivity index (χ0v) is 19.5. The van der Waals surface area contributed by atoms with E-state index in [-0.39, 0.29) is 17.0 Å². The number of benzene rings is 2. The number of carbonyl (C=O) groups is 2. The minimum atomic E-state index is -0.582. The first-order valence-electron chi connectivity index (χ1n) is 10.5. The van der Waals surface area contributed by atoms with Gasteiger partial charge >= 0.3 is 0 Å². The zero-order chi connectivity index (χ0) is 24.5. The molecule has 2 aromatic carbocycles. The number of carbonyl (C=O) groups excluding carboxylic acids is 2. The molecule has 3 rings (SSSR count). The minimum absolute atomic E-state index is 0.00735. The maximum atomic E-state index is 12.3. The van der Waals surface area contributed by atoms with Crippen molar-refractivity contribution in [1.29, 1.82) is 0 Å². The smallest absolute Gasteiger partial charge is 0.269 e. The van der Waals surface area contributed by atoms with Gasteiger partial charge in [-0.3, -0.25) is 30.6 Å². The van der Waals surface area contributed by atoms with Crippen LogP contribution >= 0.6 is 11.8 Å². The Balaban J connectivity index is 1.60. The summed E-state index contributed by atoms with van der Waals surface area (Å²) in [6.07, 6.45) is 1.91. The third-order valence-corrected chi connectivity index (χ3v) is 5.76. The topological polar surface area (TPSA) is 141 Å². The van der Waals surface area contributed by atoms with Gasteiger partial charge in [-0.25, -0.2) is 0 Å². The minimum Gasteiger partial charge on any atom is -0.497 e. The fourth-order valence-corrected chi connectivity index (χ4v) is 3.73. The maximum Gasteiger partial charge on any atom is 0.269 e. The second-order valence-corrected chi connectivity index (χ2v) is 8.08. The number of nitrogens with one attached hydrogen (secondary N) is 2. The van der Waals surface area contributed by atoms with Crippen LogP contribution in [-0.4, -0.2) is 44.4 Å². The molecule has 178 valence electrons. The molecule has 0 unspecified atom stereocenters. The molecule has 34 heavy (non-hydrogen) atoms. The van der Waals surface area contributed by atoms with Crippen LogP contribution in [0.4, 0.5) is 5.69 Å². The molecule has 0 bridgehead atoms. The number of aromatic nitrogens is 3. The molecule has 0 radical (unpaired) electrons. The van der Waals surface area contributed by atoms with Crippen LogP contribution in [-0.2, 0) is 11.3 Å². The van der Waals surface area contributed by atoms with E-state index in [9.17, 15) is 19.7 Å². The number of hydrazine groups is 1. The van der Waals surface area contributed by atoms with Crippen molar-refractivity contribution in [2.45, 2.75) is 31.5 Å². The van der Waals surface area contributed by atoms with Crippen molar-refractivity contribution in [3.63, 3.8) is 0 Å². The highest BCUT2D eigenvalue weighted by molar-refractivity contribution is 7.99. The normalized spacial score (nSPS) is 10.5. The molecule has 11 nitrogen and oxygen atoms in total. The van der Waals surface area contributed by atoms with Gasteiger partial charge < -0.3 is 9.30 Å². The average Bonchev–Trinajstić information content (AvgIpc) is 3.27. The van der Waals surface area contributed by atoms with Gasteiger partial charge in [0.25, 0.3) is 11.6 Å². The number of hydrogen-bond donors (Lipinski definition) is 2. The van der Waals surface area contributed by atoms with E-state index in [1.807, 2.05) is 28.8 Å². The second kappa shape index (κ2) is 11.8. The van der Waals surface area contributed by atoms with Crippen molar-refractivity contribution in [2.75, 3.05) is 12.9 Å². The lowest BCUT2D eigenvalue weighted by Gasteiger charge is -2.10. The molecule has 0 saturated heterocycles. The maximum absolute atomic E-state index is 12.3. The molecule has 0 aliphatic rings. The monoisotopic (exact) mass is 484 g/mol. The summed E-state index contributed by atoms with van der Waals surface area (Å²) in [5, 5.41) is 19.9. The number of methoxy groups -OCH3 is 1. The molecule has 2 amide bonds. The van der Waals surface area contributed by atoms with Crippen LogP contribution in [0.25, 0.3) is 11.4 Å². The zero-order valence-electron chi connectivity index (χ0n) is 18.7. The standard InChI is InChI=1S/C22H24N6O5S/c1-3-4-13-27-20(15-7-11-18(33-2)12-8-15)24-26-22(27)34-14-19(29)23-25-21(30)16-5-9-17(10-6-16)28(31)32/h5-12H,3-4,13-14H2,1-2H3,(H,23,29)(H,25,30). The van der Waals surface area contributed by atoms with E-state index in [1.165, 1.54) is 36.0 Å².